The number of nitrogens with zero attached hydrogens (tertiary/aromatic N) is 2. The Hall–Kier alpha value is -1.61. The first-order valence-electron chi connectivity index (χ1n) is 7.13. The fourth-order valence-electron chi connectivity index (χ4n) is 2.84. The zero-order valence-corrected chi connectivity index (χ0v) is 11.5. The lowest BCUT2D eigenvalue weighted by molar-refractivity contribution is 0.319. The third-order valence-corrected chi connectivity index (χ3v) is 4.08. The molecule has 2 heterocycles. The van der Waals surface area contributed by atoms with Crippen LogP contribution in [0.25, 0.3) is 11.1 Å². The largest absolute Gasteiger partial charge is 0.317 e. The average Bonchev–Trinajstić information content (AvgIpc) is 2.82. The van der Waals surface area contributed by atoms with E-state index in [2.05, 4.69) is 52.4 Å². The average molecular weight is 255 g/mol. The van der Waals surface area contributed by atoms with Crippen molar-refractivity contribution in [2.45, 2.75) is 26.3 Å². The van der Waals surface area contributed by atoms with Gasteiger partial charge in [0, 0.05) is 17.8 Å². The number of hydrogen-bond donors (Lipinski definition) is 1. The van der Waals surface area contributed by atoms with Crippen LogP contribution >= 0.6 is 0 Å². The highest BCUT2D eigenvalue weighted by molar-refractivity contribution is 5.64. The molecule has 1 aromatic carbocycles. The van der Waals surface area contributed by atoms with E-state index in [1.807, 2.05) is 6.20 Å². The highest BCUT2D eigenvalue weighted by Crippen LogP contribution is 2.24. The van der Waals surface area contributed by atoms with Crippen LogP contribution in [0.2, 0.25) is 0 Å². The van der Waals surface area contributed by atoms with E-state index >= 15 is 0 Å². The van der Waals surface area contributed by atoms with E-state index in [0.29, 0.717) is 0 Å². The molecule has 1 fully saturated rings. The summed E-state index contributed by atoms with van der Waals surface area (Å²) in [5, 5.41) is 8.00. The minimum absolute atomic E-state index is 0.767. The van der Waals surface area contributed by atoms with E-state index in [-0.39, 0.29) is 0 Å². The maximum absolute atomic E-state index is 4.58. The molecule has 0 aliphatic carbocycles. The van der Waals surface area contributed by atoms with E-state index < -0.39 is 0 Å². The summed E-state index contributed by atoms with van der Waals surface area (Å²) < 4.78 is 2.18. The molecule has 0 atom stereocenters. The molecule has 0 saturated carbocycles. The van der Waals surface area contributed by atoms with Crippen molar-refractivity contribution < 1.29 is 0 Å². The van der Waals surface area contributed by atoms with Gasteiger partial charge in [0.15, 0.2) is 0 Å². The topological polar surface area (TPSA) is 29.9 Å². The minimum atomic E-state index is 0.767. The molecule has 1 aromatic heterocycles. The zero-order valence-electron chi connectivity index (χ0n) is 11.5. The Balaban J connectivity index is 1.79. The monoisotopic (exact) mass is 255 g/mol. The van der Waals surface area contributed by atoms with Crippen LogP contribution in [0.15, 0.2) is 36.5 Å². The van der Waals surface area contributed by atoms with Crippen LogP contribution in [0.1, 0.15) is 18.5 Å². The van der Waals surface area contributed by atoms with Crippen LogP contribution in [-0.2, 0) is 6.54 Å². The second kappa shape index (κ2) is 5.57. The maximum Gasteiger partial charge on any atom is 0.0571 e. The summed E-state index contributed by atoms with van der Waals surface area (Å²) in [6, 6.07) is 10.5. The van der Waals surface area contributed by atoms with E-state index in [0.717, 1.165) is 25.6 Å². The van der Waals surface area contributed by atoms with Crippen LogP contribution < -0.4 is 5.32 Å². The highest BCUT2D eigenvalue weighted by Gasteiger charge is 2.16. The molecule has 0 bridgehead atoms. The van der Waals surface area contributed by atoms with Gasteiger partial charge in [-0.3, -0.25) is 4.68 Å². The smallest absolute Gasteiger partial charge is 0.0571 e. The molecule has 3 rings (SSSR count). The molecule has 0 radical (unpaired) electrons. The first-order chi connectivity index (χ1) is 9.34. The van der Waals surface area contributed by atoms with E-state index in [1.54, 1.807) is 0 Å². The van der Waals surface area contributed by atoms with E-state index in [9.17, 15) is 0 Å². The molecule has 3 nitrogen and oxygen atoms in total. The maximum atomic E-state index is 4.58. The van der Waals surface area contributed by atoms with Gasteiger partial charge in [-0.15, -0.1) is 0 Å². The Morgan fingerprint density at radius 1 is 1.21 bits per heavy atom. The van der Waals surface area contributed by atoms with Gasteiger partial charge < -0.3 is 5.32 Å². The standard InChI is InChI=1S/C16H21N3/c1-13-16(15-5-3-2-4-6-15)11-18-19(13)12-14-7-9-17-10-8-14/h2-6,11,14,17H,7-10,12H2,1H3. The van der Waals surface area contributed by atoms with Gasteiger partial charge in [-0.1, -0.05) is 30.3 Å². The number of nitrogens with one attached hydrogen (secondary N) is 1. The molecule has 3 heteroatoms. The Kier molecular flexibility index (Phi) is 3.65. The summed E-state index contributed by atoms with van der Waals surface area (Å²) in [5.41, 5.74) is 3.80. The van der Waals surface area contributed by atoms with Crippen LogP contribution in [0.3, 0.4) is 0 Å². The summed E-state index contributed by atoms with van der Waals surface area (Å²) in [4.78, 5) is 0. The molecule has 1 saturated heterocycles. The summed E-state index contributed by atoms with van der Waals surface area (Å²) in [6.07, 6.45) is 4.53. The minimum Gasteiger partial charge on any atom is -0.317 e. The molecule has 100 valence electrons. The van der Waals surface area contributed by atoms with Gasteiger partial charge in [-0.25, -0.2) is 0 Å². The summed E-state index contributed by atoms with van der Waals surface area (Å²) >= 11 is 0. The first-order valence-corrected chi connectivity index (χ1v) is 7.13. The third-order valence-electron chi connectivity index (χ3n) is 4.08. The lowest BCUT2D eigenvalue weighted by atomic mass is 9.98. The van der Waals surface area contributed by atoms with Crippen molar-refractivity contribution in [2.75, 3.05) is 13.1 Å². The van der Waals surface area contributed by atoms with Gasteiger partial charge in [-0.05, 0) is 44.3 Å². The quantitative estimate of drug-likeness (QED) is 0.914. The zero-order chi connectivity index (χ0) is 13.1. The van der Waals surface area contributed by atoms with Crippen LogP contribution in [0.4, 0.5) is 0 Å². The molecule has 2 aromatic rings. The van der Waals surface area contributed by atoms with Gasteiger partial charge in [0.25, 0.3) is 0 Å². The molecular formula is C16H21N3. The van der Waals surface area contributed by atoms with Crippen molar-refractivity contribution in [3.63, 3.8) is 0 Å². The lowest BCUT2D eigenvalue weighted by Crippen LogP contribution is -2.30. The van der Waals surface area contributed by atoms with Crippen LogP contribution in [0, 0.1) is 12.8 Å². The summed E-state index contributed by atoms with van der Waals surface area (Å²) in [5.74, 6) is 0.767. The fourth-order valence-corrected chi connectivity index (χ4v) is 2.84. The van der Waals surface area contributed by atoms with Crippen molar-refractivity contribution in [1.29, 1.82) is 0 Å². The van der Waals surface area contributed by atoms with Gasteiger partial charge in [0.2, 0.25) is 0 Å². The Labute approximate surface area is 114 Å². The van der Waals surface area contributed by atoms with Gasteiger partial charge >= 0.3 is 0 Å². The summed E-state index contributed by atoms with van der Waals surface area (Å²) in [7, 11) is 0. The Morgan fingerprint density at radius 3 is 2.68 bits per heavy atom. The molecule has 1 N–H and O–H groups in total. The van der Waals surface area contributed by atoms with Crippen molar-refractivity contribution in [3.05, 3.63) is 42.2 Å². The van der Waals surface area contributed by atoms with Crippen molar-refractivity contribution >= 4 is 0 Å². The van der Waals surface area contributed by atoms with Gasteiger partial charge in [0.05, 0.1) is 6.20 Å². The number of rotatable bonds is 3. The Bertz CT molecular complexity index is 524. The van der Waals surface area contributed by atoms with Crippen molar-refractivity contribution in [1.82, 2.24) is 15.1 Å². The van der Waals surface area contributed by atoms with Gasteiger partial charge in [-0.2, -0.15) is 5.10 Å². The number of piperidine rings is 1. The van der Waals surface area contributed by atoms with Crippen molar-refractivity contribution in [2.24, 2.45) is 5.92 Å². The molecular weight excluding hydrogens is 234 g/mol. The second-order valence-corrected chi connectivity index (χ2v) is 5.39. The van der Waals surface area contributed by atoms with Gasteiger partial charge in [0.1, 0.15) is 0 Å². The van der Waals surface area contributed by atoms with E-state index in [1.165, 1.54) is 29.7 Å². The normalized spacial score (nSPS) is 16.7. The lowest BCUT2D eigenvalue weighted by Gasteiger charge is -2.23. The molecule has 0 unspecified atom stereocenters. The predicted octanol–water partition coefficient (Wildman–Crippen LogP) is 2.86. The van der Waals surface area contributed by atoms with Crippen LogP contribution in [0.5, 0.6) is 0 Å². The Morgan fingerprint density at radius 2 is 1.95 bits per heavy atom. The molecule has 0 spiro atoms. The number of benzene rings is 1. The molecule has 1 aliphatic rings. The first kappa shape index (κ1) is 12.4. The second-order valence-electron chi connectivity index (χ2n) is 5.39. The SMILES string of the molecule is Cc1c(-c2ccccc2)cnn1CC1CCNCC1. The predicted molar refractivity (Wildman–Crippen MR) is 78.0 cm³/mol. The number of hydrogen-bond acceptors (Lipinski definition) is 2. The third kappa shape index (κ3) is 2.71. The molecule has 0 amide bonds. The molecule has 19 heavy (non-hydrogen) atoms. The van der Waals surface area contributed by atoms with Crippen LogP contribution in [-0.4, -0.2) is 22.9 Å². The fraction of sp³-hybridized carbons (Fsp3) is 0.438. The molecule has 1 aliphatic heterocycles. The number of aromatic nitrogens is 2. The van der Waals surface area contributed by atoms with E-state index in [4.69, 9.17) is 0 Å². The van der Waals surface area contributed by atoms with Crippen molar-refractivity contribution in [3.8, 4) is 11.1 Å². The highest BCUT2D eigenvalue weighted by atomic mass is 15.3. The summed E-state index contributed by atoms with van der Waals surface area (Å²) in [6.45, 7) is 5.53.